The summed E-state index contributed by atoms with van der Waals surface area (Å²) < 4.78 is 4.76. The maximum atomic E-state index is 12.5. The molecular formula is C14H15N3O2. The van der Waals surface area contributed by atoms with Crippen molar-refractivity contribution in [3.05, 3.63) is 47.9 Å². The second-order valence-corrected chi connectivity index (χ2v) is 4.71. The van der Waals surface area contributed by atoms with Crippen molar-refractivity contribution in [3.8, 4) is 0 Å². The topological polar surface area (TPSA) is 58.4 Å². The summed E-state index contributed by atoms with van der Waals surface area (Å²) in [6.45, 7) is 3.44. The molecule has 1 N–H and O–H groups in total. The summed E-state index contributed by atoms with van der Waals surface area (Å²) in [5.41, 5.74) is 2.39. The minimum atomic E-state index is -0.128. The van der Waals surface area contributed by atoms with Crippen molar-refractivity contribution in [1.29, 1.82) is 0 Å². The van der Waals surface area contributed by atoms with E-state index in [-0.39, 0.29) is 11.9 Å². The molecule has 0 spiro atoms. The zero-order chi connectivity index (χ0) is 13.2. The Kier molecular flexibility index (Phi) is 3.05. The fourth-order valence-electron chi connectivity index (χ4n) is 2.30. The first kappa shape index (κ1) is 11.9. The Morgan fingerprint density at radius 1 is 1.42 bits per heavy atom. The lowest BCUT2D eigenvalue weighted by molar-refractivity contribution is 0.0976. The molecule has 1 atom stereocenters. The molecule has 5 heteroatoms. The molecule has 2 heterocycles. The van der Waals surface area contributed by atoms with E-state index in [4.69, 9.17) is 4.52 Å². The summed E-state index contributed by atoms with van der Waals surface area (Å²) in [7, 11) is 0. The molecule has 1 unspecified atom stereocenters. The molecule has 3 rings (SSSR count). The number of hydrogen-bond acceptors (Lipinski definition) is 4. The van der Waals surface area contributed by atoms with Gasteiger partial charge in [-0.3, -0.25) is 4.79 Å². The van der Waals surface area contributed by atoms with Gasteiger partial charge < -0.3 is 14.7 Å². The van der Waals surface area contributed by atoms with Gasteiger partial charge in [-0.1, -0.05) is 23.4 Å². The van der Waals surface area contributed by atoms with E-state index < -0.39 is 0 Å². The highest BCUT2D eigenvalue weighted by Crippen LogP contribution is 2.24. The normalized spacial score (nSPS) is 18.8. The minimum absolute atomic E-state index is 0.128. The van der Waals surface area contributed by atoms with Crippen LogP contribution in [0.1, 0.15) is 23.0 Å². The van der Waals surface area contributed by atoms with Crippen LogP contribution < -0.4 is 10.2 Å². The molecule has 0 fully saturated rings. The van der Waals surface area contributed by atoms with Gasteiger partial charge in [-0.05, 0) is 18.6 Å². The molecule has 1 aromatic heterocycles. The number of benzene rings is 1. The molecule has 0 aliphatic carbocycles. The lowest BCUT2D eigenvalue weighted by Gasteiger charge is -2.23. The van der Waals surface area contributed by atoms with Crippen LogP contribution in [0.2, 0.25) is 0 Å². The fraction of sp³-hybridized carbons (Fsp3) is 0.286. The van der Waals surface area contributed by atoms with Gasteiger partial charge in [-0.2, -0.15) is 0 Å². The number of carbonyl (C=O) groups excluding carboxylic acids is 1. The number of para-hydroxylation sites is 1. The van der Waals surface area contributed by atoms with Crippen LogP contribution in [0.4, 0.5) is 5.69 Å². The number of nitrogens with zero attached hydrogens (tertiary/aromatic N) is 2. The Hall–Kier alpha value is -2.14. The average Bonchev–Trinajstić information content (AvgIpc) is 2.91. The Morgan fingerprint density at radius 2 is 2.26 bits per heavy atom. The van der Waals surface area contributed by atoms with Crippen LogP contribution in [-0.2, 0) is 6.54 Å². The fourth-order valence-corrected chi connectivity index (χ4v) is 2.30. The molecule has 1 aromatic carbocycles. The molecule has 1 amide bonds. The van der Waals surface area contributed by atoms with Gasteiger partial charge in [0, 0.05) is 30.9 Å². The lowest BCUT2D eigenvalue weighted by Crippen LogP contribution is -2.39. The molecule has 0 saturated carbocycles. The maximum absolute atomic E-state index is 12.5. The van der Waals surface area contributed by atoms with Gasteiger partial charge in [0.1, 0.15) is 6.26 Å². The van der Waals surface area contributed by atoms with E-state index in [0.29, 0.717) is 12.2 Å². The molecule has 5 nitrogen and oxygen atoms in total. The number of nitrogens with one attached hydrogen (secondary N) is 1. The van der Waals surface area contributed by atoms with E-state index in [0.717, 1.165) is 17.8 Å². The third kappa shape index (κ3) is 2.24. The van der Waals surface area contributed by atoms with Crippen LogP contribution in [0.25, 0.3) is 0 Å². The number of amides is 1. The summed E-state index contributed by atoms with van der Waals surface area (Å²) >= 11 is 0. The number of carbonyl (C=O) groups is 1. The van der Waals surface area contributed by atoms with Crippen LogP contribution in [-0.4, -0.2) is 23.7 Å². The van der Waals surface area contributed by atoms with Gasteiger partial charge in [-0.15, -0.1) is 0 Å². The second-order valence-electron chi connectivity index (χ2n) is 4.71. The molecule has 0 bridgehead atoms. The SMILES string of the molecule is CC1CN(C(=O)c2ccon2)c2ccccc2CN1. The summed E-state index contributed by atoms with van der Waals surface area (Å²) in [6.07, 6.45) is 1.42. The molecular weight excluding hydrogens is 242 g/mol. The predicted octanol–water partition coefficient (Wildman–Crippen LogP) is 1.81. The summed E-state index contributed by atoms with van der Waals surface area (Å²) in [5.74, 6) is -0.128. The first-order valence-corrected chi connectivity index (χ1v) is 6.29. The van der Waals surface area contributed by atoms with Crippen molar-refractivity contribution in [2.24, 2.45) is 0 Å². The number of anilines is 1. The standard InChI is InChI=1S/C14H15N3O2/c1-10-9-17(14(18)12-6-7-19-16-12)13-5-3-2-4-11(13)8-15-10/h2-7,10,15H,8-9H2,1H3. The second kappa shape index (κ2) is 4.85. The predicted molar refractivity (Wildman–Crippen MR) is 70.9 cm³/mol. The Balaban J connectivity index is 2.01. The molecule has 1 aliphatic rings. The van der Waals surface area contributed by atoms with Gasteiger partial charge in [0.2, 0.25) is 0 Å². The van der Waals surface area contributed by atoms with E-state index in [1.54, 1.807) is 11.0 Å². The van der Waals surface area contributed by atoms with Crippen LogP contribution in [0.3, 0.4) is 0 Å². The van der Waals surface area contributed by atoms with Crippen LogP contribution in [0.5, 0.6) is 0 Å². The summed E-state index contributed by atoms with van der Waals surface area (Å²) in [4.78, 5) is 14.3. The van der Waals surface area contributed by atoms with Gasteiger partial charge in [0.05, 0.1) is 0 Å². The summed E-state index contributed by atoms with van der Waals surface area (Å²) in [6, 6.07) is 9.74. The smallest absolute Gasteiger partial charge is 0.280 e. The zero-order valence-electron chi connectivity index (χ0n) is 10.7. The highest BCUT2D eigenvalue weighted by molar-refractivity contribution is 6.05. The van der Waals surface area contributed by atoms with Crippen molar-refractivity contribution in [1.82, 2.24) is 10.5 Å². The van der Waals surface area contributed by atoms with Gasteiger partial charge >= 0.3 is 0 Å². The van der Waals surface area contributed by atoms with Crippen LogP contribution in [0, 0.1) is 0 Å². The third-order valence-corrected chi connectivity index (χ3v) is 3.28. The van der Waals surface area contributed by atoms with Gasteiger partial charge in [0.15, 0.2) is 5.69 Å². The first-order valence-electron chi connectivity index (χ1n) is 6.29. The van der Waals surface area contributed by atoms with E-state index in [1.165, 1.54) is 6.26 Å². The van der Waals surface area contributed by atoms with Crippen molar-refractivity contribution in [2.75, 3.05) is 11.4 Å². The zero-order valence-corrected chi connectivity index (χ0v) is 10.7. The summed E-state index contributed by atoms with van der Waals surface area (Å²) in [5, 5.41) is 7.13. The van der Waals surface area contributed by atoms with E-state index in [1.807, 2.05) is 24.3 Å². The lowest BCUT2D eigenvalue weighted by atomic mass is 10.1. The molecule has 2 aromatic rings. The van der Waals surface area contributed by atoms with Crippen molar-refractivity contribution in [2.45, 2.75) is 19.5 Å². The Labute approximate surface area is 111 Å². The Bertz CT molecular complexity index is 580. The molecule has 1 aliphatic heterocycles. The molecule has 19 heavy (non-hydrogen) atoms. The number of fused-ring (bicyclic) bond motifs is 1. The van der Waals surface area contributed by atoms with Gasteiger partial charge in [-0.25, -0.2) is 0 Å². The van der Waals surface area contributed by atoms with Crippen LogP contribution >= 0.6 is 0 Å². The number of hydrogen-bond donors (Lipinski definition) is 1. The molecule has 98 valence electrons. The number of aromatic nitrogens is 1. The van der Waals surface area contributed by atoms with Crippen molar-refractivity contribution < 1.29 is 9.32 Å². The molecule has 0 radical (unpaired) electrons. The largest absolute Gasteiger partial charge is 0.364 e. The average molecular weight is 257 g/mol. The first-order chi connectivity index (χ1) is 9.25. The number of rotatable bonds is 1. The van der Waals surface area contributed by atoms with Crippen LogP contribution in [0.15, 0.2) is 41.1 Å². The monoisotopic (exact) mass is 257 g/mol. The van der Waals surface area contributed by atoms with E-state index in [2.05, 4.69) is 17.4 Å². The van der Waals surface area contributed by atoms with Gasteiger partial charge in [0.25, 0.3) is 5.91 Å². The van der Waals surface area contributed by atoms with E-state index >= 15 is 0 Å². The van der Waals surface area contributed by atoms with Crippen molar-refractivity contribution >= 4 is 11.6 Å². The quantitative estimate of drug-likeness (QED) is 0.846. The van der Waals surface area contributed by atoms with E-state index in [9.17, 15) is 4.79 Å². The third-order valence-electron chi connectivity index (χ3n) is 3.28. The highest BCUT2D eigenvalue weighted by atomic mass is 16.5. The molecule has 0 saturated heterocycles. The van der Waals surface area contributed by atoms with Crippen molar-refractivity contribution in [3.63, 3.8) is 0 Å². The maximum Gasteiger partial charge on any atom is 0.280 e. The Morgan fingerprint density at radius 3 is 3.05 bits per heavy atom. The highest BCUT2D eigenvalue weighted by Gasteiger charge is 2.26. The minimum Gasteiger partial charge on any atom is -0.364 e.